The number of aromatic nitrogens is 4. The first-order valence-corrected chi connectivity index (χ1v) is 6.42. The van der Waals surface area contributed by atoms with Gasteiger partial charge < -0.3 is 15.2 Å². The van der Waals surface area contributed by atoms with E-state index in [1.807, 2.05) is 12.1 Å². The molecule has 0 saturated carbocycles. The van der Waals surface area contributed by atoms with Crippen molar-refractivity contribution in [3.05, 3.63) is 53.4 Å². The molecule has 1 atom stereocenters. The molecule has 1 aromatic carbocycles. The Morgan fingerprint density at radius 1 is 1.40 bits per heavy atom. The van der Waals surface area contributed by atoms with Crippen molar-refractivity contribution >= 4 is 11.6 Å². The average molecular weight is 290 g/mol. The largest absolute Gasteiger partial charge is 0.348 e. The van der Waals surface area contributed by atoms with Crippen LogP contribution in [-0.4, -0.2) is 20.1 Å². The van der Waals surface area contributed by atoms with E-state index in [2.05, 4.69) is 20.1 Å². The van der Waals surface area contributed by atoms with Crippen molar-refractivity contribution in [1.29, 1.82) is 0 Å². The van der Waals surface area contributed by atoms with Crippen molar-refractivity contribution in [2.45, 2.75) is 12.5 Å². The zero-order valence-electron chi connectivity index (χ0n) is 10.5. The van der Waals surface area contributed by atoms with E-state index in [4.69, 9.17) is 21.9 Å². The minimum absolute atomic E-state index is 0.379. The number of rotatable bonds is 4. The summed E-state index contributed by atoms with van der Waals surface area (Å²) in [7, 11) is 0. The number of nitrogens with two attached hydrogens (primary N) is 1. The highest BCUT2D eigenvalue weighted by Gasteiger charge is 2.16. The lowest BCUT2D eigenvalue weighted by atomic mass is 10.2. The molecule has 0 amide bonds. The lowest BCUT2D eigenvalue weighted by molar-refractivity contribution is 0.354. The summed E-state index contributed by atoms with van der Waals surface area (Å²) in [4.78, 5) is 11.2. The van der Waals surface area contributed by atoms with Gasteiger partial charge >= 0.3 is 0 Å². The maximum absolute atomic E-state index is 6.04. The molecule has 0 bridgehead atoms. The molecule has 3 N–H and O–H groups in total. The molecular formula is C13H12ClN5O. The molecule has 0 fully saturated rings. The summed E-state index contributed by atoms with van der Waals surface area (Å²) in [5.41, 5.74) is 7.75. The Hall–Kier alpha value is -2.18. The number of benzene rings is 1. The van der Waals surface area contributed by atoms with Crippen LogP contribution in [0.15, 0.2) is 41.3 Å². The van der Waals surface area contributed by atoms with Crippen molar-refractivity contribution in [2.75, 3.05) is 0 Å². The lowest BCUT2D eigenvalue weighted by Crippen LogP contribution is -2.13. The summed E-state index contributed by atoms with van der Waals surface area (Å²) in [6, 6.07) is 6.88. The summed E-state index contributed by atoms with van der Waals surface area (Å²) in [6.07, 6.45) is 3.87. The van der Waals surface area contributed by atoms with Crippen LogP contribution in [-0.2, 0) is 6.42 Å². The normalized spacial score (nSPS) is 12.5. The van der Waals surface area contributed by atoms with E-state index in [1.165, 1.54) is 0 Å². The van der Waals surface area contributed by atoms with Crippen molar-refractivity contribution in [1.82, 2.24) is 20.1 Å². The van der Waals surface area contributed by atoms with Crippen LogP contribution in [0.5, 0.6) is 0 Å². The molecule has 2 heterocycles. The standard InChI is InChI=1S/C13H12ClN5O/c14-9-3-1-2-8(4-9)12-18-13(20-19-12)11(15)5-10-6-16-7-17-10/h1-4,6-7,11H,5,15H2,(H,16,17)/t11-/m0/s1. The molecule has 0 saturated heterocycles. The SMILES string of the molecule is N[C@@H](Cc1cnc[nH]1)c1nc(-c2cccc(Cl)c2)no1. The molecule has 6 nitrogen and oxygen atoms in total. The summed E-state index contributed by atoms with van der Waals surface area (Å²) in [5.74, 6) is 0.858. The summed E-state index contributed by atoms with van der Waals surface area (Å²) in [5, 5.41) is 4.55. The van der Waals surface area contributed by atoms with Crippen LogP contribution in [0.1, 0.15) is 17.6 Å². The van der Waals surface area contributed by atoms with Gasteiger partial charge in [0.25, 0.3) is 0 Å². The Kier molecular flexibility index (Phi) is 3.49. The second-order valence-corrected chi connectivity index (χ2v) is 4.79. The number of imidazole rings is 1. The zero-order chi connectivity index (χ0) is 13.9. The summed E-state index contributed by atoms with van der Waals surface area (Å²) in [6.45, 7) is 0. The van der Waals surface area contributed by atoms with E-state index >= 15 is 0 Å². The van der Waals surface area contributed by atoms with Crippen LogP contribution >= 0.6 is 11.6 Å². The highest BCUT2D eigenvalue weighted by Crippen LogP contribution is 2.22. The fraction of sp³-hybridized carbons (Fsp3) is 0.154. The van der Waals surface area contributed by atoms with E-state index in [0.29, 0.717) is 23.2 Å². The molecular weight excluding hydrogens is 278 g/mol. The van der Waals surface area contributed by atoms with Gasteiger partial charge in [0.15, 0.2) is 0 Å². The van der Waals surface area contributed by atoms with Gasteiger partial charge in [-0.2, -0.15) is 4.98 Å². The summed E-state index contributed by atoms with van der Waals surface area (Å²) >= 11 is 5.94. The Balaban J connectivity index is 1.79. The van der Waals surface area contributed by atoms with Crippen LogP contribution in [0.2, 0.25) is 5.02 Å². The number of aromatic amines is 1. The quantitative estimate of drug-likeness (QED) is 0.769. The van der Waals surface area contributed by atoms with Crippen molar-refractivity contribution in [3.8, 4) is 11.4 Å². The molecule has 0 spiro atoms. The number of hydrogen-bond acceptors (Lipinski definition) is 5. The van der Waals surface area contributed by atoms with Gasteiger partial charge in [0.05, 0.1) is 12.4 Å². The van der Waals surface area contributed by atoms with Crippen molar-refractivity contribution in [2.24, 2.45) is 5.73 Å². The van der Waals surface area contributed by atoms with Gasteiger partial charge in [-0.25, -0.2) is 4.98 Å². The highest BCUT2D eigenvalue weighted by atomic mass is 35.5. The molecule has 7 heteroatoms. The predicted octanol–water partition coefficient (Wildman–Crippen LogP) is 2.36. The number of H-pyrrole nitrogens is 1. The molecule has 0 aliphatic heterocycles. The Morgan fingerprint density at radius 2 is 2.30 bits per heavy atom. The van der Waals surface area contributed by atoms with Crippen molar-refractivity contribution < 1.29 is 4.52 Å². The van der Waals surface area contributed by atoms with Gasteiger partial charge in [0.2, 0.25) is 11.7 Å². The van der Waals surface area contributed by atoms with Gasteiger partial charge in [-0.15, -0.1) is 0 Å². The smallest absolute Gasteiger partial charge is 0.244 e. The minimum atomic E-state index is -0.379. The third-order valence-corrected chi connectivity index (χ3v) is 3.07. The van der Waals surface area contributed by atoms with E-state index in [1.54, 1.807) is 24.7 Å². The lowest BCUT2D eigenvalue weighted by Gasteiger charge is -2.03. The van der Waals surface area contributed by atoms with Gasteiger partial charge in [0, 0.05) is 28.9 Å². The number of nitrogens with one attached hydrogen (secondary N) is 1. The van der Waals surface area contributed by atoms with E-state index in [0.717, 1.165) is 11.3 Å². The molecule has 0 radical (unpaired) electrons. The van der Waals surface area contributed by atoms with Crippen molar-refractivity contribution in [3.63, 3.8) is 0 Å². The van der Waals surface area contributed by atoms with Crippen LogP contribution < -0.4 is 5.73 Å². The first-order chi connectivity index (χ1) is 9.72. The molecule has 2 aromatic heterocycles. The fourth-order valence-electron chi connectivity index (χ4n) is 1.85. The average Bonchev–Trinajstić information content (AvgIpc) is 3.09. The van der Waals surface area contributed by atoms with Gasteiger partial charge in [-0.3, -0.25) is 0 Å². The third-order valence-electron chi connectivity index (χ3n) is 2.84. The second-order valence-electron chi connectivity index (χ2n) is 4.35. The third kappa shape index (κ3) is 2.71. The molecule has 3 aromatic rings. The first-order valence-electron chi connectivity index (χ1n) is 6.05. The van der Waals surface area contributed by atoms with Gasteiger partial charge in [-0.1, -0.05) is 28.9 Å². The first kappa shape index (κ1) is 12.8. The topological polar surface area (TPSA) is 93.6 Å². The summed E-state index contributed by atoms with van der Waals surface area (Å²) < 4.78 is 5.21. The molecule has 20 heavy (non-hydrogen) atoms. The van der Waals surface area contributed by atoms with Crippen LogP contribution in [0.4, 0.5) is 0 Å². The molecule has 0 aliphatic rings. The van der Waals surface area contributed by atoms with E-state index in [-0.39, 0.29) is 6.04 Å². The molecule has 0 unspecified atom stereocenters. The molecule has 102 valence electrons. The Labute approximate surface area is 120 Å². The molecule has 3 rings (SSSR count). The van der Waals surface area contributed by atoms with E-state index < -0.39 is 0 Å². The molecule has 0 aliphatic carbocycles. The Bertz CT molecular complexity index is 694. The maximum Gasteiger partial charge on any atom is 0.244 e. The Morgan fingerprint density at radius 3 is 3.05 bits per heavy atom. The highest BCUT2D eigenvalue weighted by molar-refractivity contribution is 6.30. The monoisotopic (exact) mass is 289 g/mol. The number of halogens is 1. The minimum Gasteiger partial charge on any atom is -0.348 e. The van der Waals surface area contributed by atoms with Crippen LogP contribution in [0, 0.1) is 0 Å². The van der Waals surface area contributed by atoms with Gasteiger partial charge in [0.1, 0.15) is 0 Å². The fourth-order valence-corrected chi connectivity index (χ4v) is 2.04. The van der Waals surface area contributed by atoms with Gasteiger partial charge in [-0.05, 0) is 12.1 Å². The van der Waals surface area contributed by atoms with Crippen LogP contribution in [0.3, 0.4) is 0 Å². The number of nitrogens with zero attached hydrogens (tertiary/aromatic N) is 3. The predicted molar refractivity (Wildman–Crippen MR) is 74.0 cm³/mol. The zero-order valence-corrected chi connectivity index (χ0v) is 11.2. The number of hydrogen-bond donors (Lipinski definition) is 2. The van der Waals surface area contributed by atoms with E-state index in [9.17, 15) is 0 Å². The van der Waals surface area contributed by atoms with Crippen LogP contribution in [0.25, 0.3) is 11.4 Å². The maximum atomic E-state index is 6.04. The second kappa shape index (κ2) is 5.44.